The summed E-state index contributed by atoms with van der Waals surface area (Å²) in [5.74, 6) is 1.42. The van der Waals surface area contributed by atoms with Gasteiger partial charge in [0.2, 0.25) is 5.88 Å². The highest BCUT2D eigenvalue weighted by Crippen LogP contribution is 2.31. The van der Waals surface area contributed by atoms with Crippen LogP contribution < -0.4 is 15.4 Å². The van der Waals surface area contributed by atoms with Crippen molar-refractivity contribution in [2.75, 3.05) is 24.8 Å². The van der Waals surface area contributed by atoms with Gasteiger partial charge in [-0.2, -0.15) is 4.52 Å². The van der Waals surface area contributed by atoms with Crippen LogP contribution in [-0.4, -0.2) is 28.8 Å². The average molecular weight is 359 g/mol. The van der Waals surface area contributed by atoms with Crippen molar-refractivity contribution >= 4 is 17.2 Å². The Balaban J connectivity index is 1.73. The number of hydrogen-bond acceptors (Lipinski definition) is 5. The Labute approximate surface area is 157 Å². The third-order valence-corrected chi connectivity index (χ3v) is 4.43. The third kappa shape index (κ3) is 3.29. The zero-order valence-electron chi connectivity index (χ0n) is 15.3. The SMILES string of the molecule is COc1c(-c2cccc(N)c2)nc2ccc(N(C)Cc3ccccc3)nn12. The van der Waals surface area contributed by atoms with E-state index < -0.39 is 0 Å². The van der Waals surface area contributed by atoms with Crippen LogP contribution in [0, 0.1) is 0 Å². The van der Waals surface area contributed by atoms with E-state index in [9.17, 15) is 0 Å². The predicted octanol–water partition coefficient (Wildman–Crippen LogP) is 3.62. The molecule has 4 aromatic rings. The van der Waals surface area contributed by atoms with Crippen LogP contribution in [0.2, 0.25) is 0 Å². The van der Waals surface area contributed by atoms with Gasteiger partial charge in [-0.3, -0.25) is 0 Å². The fourth-order valence-electron chi connectivity index (χ4n) is 3.10. The number of fused-ring (bicyclic) bond motifs is 1. The standard InChI is InChI=1S/C21H21N5O/c1-25(14-15-7-4-3-5-8-15)19-12-11-18-23-20(21(27-2)26(18)24-19)16-9-6-10-17(22)13-16/h3-13H,14,22H2,1-2H3. The van der Waals surface area contributed by atoms with Gasteiger partial charge < -0.3 is 15.4 Å². The molecular weight excluding hydrogens is 338 g/mol. The van der Waals surface area contributed by atoms with Crippen LogP contribution in [0.3, 0.4) is 0 Å². The van der Waals surface area contributed by atoms with Crippen molar-refractivity contribution in [3.63, 3.8) is 0 Å². The van der Waals surface area contributed by atoms with Crippen LogP contribution in [0.4, 0.5) is 11.5 Å². The van der Waals surface area contributed by atoms with E-state index in [-0.39, 0.29) is 0 Å². The molecule has 0 spiro atoms. The van der Waals surface area contributed by atoms with E-state index in [1.807, 2.05) is 61.6 Å². The third-order valence-electron chi connectivity index (χ3n) is 4.43. The maximum absolute atomic E-state index is 5.92. The molecule has 2 N–H and O–H groups in total. The predicted molar refractivity (Wildman–Crippen MR) is 108 cm³/mol. The number of rotatable bonds is 5. The van der Waals surface area contributed by atoms with E-state index in [1.165, 1.54) is 5.56 Å². The summed E-state index contributed by atoms with van der Waals surface area (Å²) in [7, 11) is 3.64. The van der Waals surface area contributed by atoms with Crippen molar-refractivity contribution < 1.29 is 4.74 Å². The van der Waals surface area contributed by atoms with Crippen molar-refractivity contribution in [2.45, 2.75) is 6.54 Å². The fourth-order valence-corrected chi connectivity index (χ4v) is 3.10. The zero-order chi connectivity index (χ0) is 18.8. The molecule has 136 valence electrons. The zero-order valence-corrected chi connectivity index (χ0v) is 15.3. The number of aromatic nitrogens is 3. The summed E-state index contributed by atoms with van der Waals surface area (Å²) in [6.07, 6.45) is 0. The number of nitrogen functional groups attached to an aromatic ring is 1. The molecule has 0 amide bonds. The van der Waals surface area contributed by atoms with Crippen LogP contribution in [0.1, 0.15) is 5.56 Å². The normalized spacial score (nSPS) is 10.9. The summed E-state index contributed by atoms with van der Waals surface area (Å²) >= 11 is 0. The Morgan fingerprint density at radius 3 is 2.59 bits per heavy atom. The molecule has 0 bridgehead atoms. The molecule has 0 aliphatic heterocycles. The molecule has 0 radical (unpaired) electrons. The lowest BCUT2D eigenvalue weighted by Crippen LogP contribution is -2.18. The van der Waals surface area contributed by atoms with E-state index in [0.717, 1.165) is 29.3 Å². The molecule has 0 atom stereocenters. The Morgan fingerprint density at radius 1 is 1.04 bits per heavy atom. The summed E-state index contributed by atoms with van der Waals surface area (Å²) in [6.45, 7) is 0.762. The van der Waals surface area contributed by atoms with Gasteiger partial charge >= 0.3 is 0 Å². The molecule has 0 saturated carbocycles. The molecule has 6 heteroatoms. The molecule has 2 aromatic carbocycles. The summed E-state index contributed by atoms with van der Waals surface area (Å²) in [5.41, 5.74) is 10.2. The number of ether oxygens (including phenoxy) is 1. The first-order valence-electron chi connectivity index (χ1n) is 8.70. The molecule has 0 fully saturated rings. The average Bonchev–Trinajstić information content (AvgIpc) is 3.06. The van der Waals surface area contributed by atoms with E-state index in [2.05, 4.69) is 22.0 Å². The van der Waals surface area contributed by atoms with Crippen LogP contribution in [0.25, 0.3) is 16.9 Å². The van der Waals surface area contributed by atoms with Crippen molar-refractivity contribution in [1.29, 1.82) is 0 Å². The summed E-state index contributed by atoms with van der Waals surface area (Å²) in [4.78, 5) is 6.77. The van der Waals surface area contributed by atoms with Crippen molar-refractivity contribution in [2.24, 2.45) is 0 Å². The molecular formula is C21H21N5O. The van der Waals surface area contributed by atoms with Crippen molar-refractivity contribution in [1.82, 2.24) is 14.6 Å². The van der Waals surface area contributed by atoms with Gasteiger partial charge in [-0.05, 0) is 29.8 Å². The Bertz CT molecular complexity index is 1070. The van der Waals surface area contributed by atoms with E-state index >= 15 is 0 Å². The number of anilines is 2. The summed E-state index contributed by atoms with van der Waals surface area (Å²) in [6, 6.07) is 21.8. The van der Waals surface area contributed by atoms with Crippen LogP contribution in [0.5, 0.6) is 5.88 Å². The van der Waals surface area contributed by atoms with Gasteiger partial charge in [0.05, 0.1) is 7.11 Å². The Hall–Kier alpha value is -3.54. The molecule has 2 aromatic heterocycles. The Morgan fingerprint density at radius 2 is 1.85 bits per heavy atom. The topological polar surface area (TPSA) is 68.7 Å². The monoisotopic (exact) mass is 359 g/mol. The molecule has 6 nitrogen and oxygen atoms in total. The minimum atomic E-state index is 0.588. The minimum Gasteiger partial charge on any atom is -0.479 e. The molecule has 27 heavy (non-hydrogen) atoms. The highest BCUT2D eigenvalue weighted by atomic mass is 16.5. The van der Waals surface area contributed by atoms with E-state index in [4.69, 9.17) is 15.6 Å². The van der Waals surface area contributed by atoms with Crippen molar-refractivity contribution in [3.8, 4) is 17.1 Å². The van der Waals surface area contributed by atoms with Crippen LogP contribution >= 0.6 is 0 Å². The van der Waals surface area contributed by atoms with Gasteiger partial charge in [0.15, 0.2) is 5.65 Å². The van der Waals surface area contributed by atoms with Crippen LogP contribution in [-0.2, 0) is 6.54 Å². The molecule has 0 aliphatic carbocycles. The lowest BCUT2D eigenvalue weighted by atomic mass is 10.1. The highest BCUT2D eigenvalue weighted by Gasteiger charge is 2.17. The highest BCUT2D eigenvalue weighted by molar-refractivity contribution is 5.72. The second kappa shape index (κ2) is 6.99. The molecule has 2 heterocycles. The largest absolute Gasteiger partial charge is 0.479 e. The quantitative estimate of drug-likeness (QED) is 0.551. The number of hydrogen-bond donors (Lipinski definition) is 1. The number of imidazole rings is 1. The maximum Gasteiger partial charge on any atom is 0.243 e. The first-order chi connectivity index (χ1) is 13.2. The van der Waals surface area contributed by atoms with Gasteiger partial charge in [-0.1, -0.05) is 42.5 Å². The molecule has 4 rings (SSSR count). The number of nitrogens with zero attached hydrogens (tertiary/aromatic N) is 4. The maximum atomic E-state index is 5.92. The second-order valence-electron chi connectivity index (χ2n) is 6.40. The van der Waals surface area contributed by atoms with Gasteiger partial charge in [0.1, 0.15) is 11.5 Å². The summed E-state index contributed by atoms with van der Waals surface area (Å²) < 4.78 is 7.36. The summed E-state index contributed by atoms with van der Waals surface area (Å²) in [5, 5.41) is 4.73. The molecule has 0 aliphatic rings. The second-order valence-corrected chi connectivity index (χ2v) is 6.40. The lowest BCUT2D eigenvalue weighted by molar-refractivity contribution is 0.389. The molecule has 0 unspecified atom stereocenters. The van der Waals surface area contributed by atoms with Gasteiger partial charge in [0, 0.05) is 24.8 Å². The van der Waals surface area contributed by atoms with E-state index in [1.54, 1.807) is 11.6 Å². The number of methoxy groups -OCH3 is 1. The van der Waals surface area contributed by atoms with E-state index in [0.29, 0.717) is 11.6 Å². The molecule has 0 saturated heterocycles. The number of nitrogens with two attached hydrogens (primary N) is 1. The van der Waals surface area contributed by atoms with Crippen molar-refractivity contribution in [3.05, 3.63) is 72.3 Å². The van der Waals surface area contributed by atoms with Gasteiger partial charge in [-0.15, -0.1) is 5.10 Å². The smallest absolute Gasteiger partial charge is 0.243 e. The first-order valence-corrected chi connectivity index (χ1v) is 8.70. The Kier molecular flexibility index (Phi) is 4.38. The lowest BCUT2D eigenvalue weighted by Gasteiger charge is -2.18. The minimum absolute atomic E-state index is 0.588. The number of benzene rings is 2. The fraction of sp³-hybridized carbons (Fsp3) is 0.143. The van der Waals surface area contributed by atoms with Crippen LogP contribution in [0.15, 0.2) is 66.7 Å². The van der Waals surface area contributed by atoms with Gasteiger partial charge in [-0.25, -0.2) is 4.98 Å². The van der Waals surface area contributed by atoms with Gasteiger partial charge in [0.25, 0.3) is 0 Å². The first kappa shape index (κ1) is 16.9.